The molecule has 2 N–H and O–H groups in total. The maximum atomic E-state index is 6.16. The Bertz CT molecular complexity index is 706. The fourth-order valence-electron chi connectivity index (χ4n) is 1.97. The number of hydrogen-bond acceptors (Lipinski definition) is 3. The van der Waals surface area contributed by atoms with E-state index < -0.39 is 0 Å². The number of furan rings is 1. The van der Waals surface area contributed by atoms with Crippen molar-refractivity contribution in [1.82, 2.24) is 4.98 Å². The van der Waals surface area contributed by atoms with Crippen molar-refractivity contribution in [2.45, 2.75) is 6.54 Å². The average Bonchev–Trinajstić information content (AvgIpc) is 2.88. The summed E-state index contributed by atoms with van der Waals surface area (Å²) in [5, 5.41) is 1.61. The third kappa shape index (κ3) is 1.78. The second-order valence-corrected chi connectivity index (χ2v) is 4.37. The van der Waals surface area contributed by atoms with Crippen LogP contribution in [-0.2, 0) is 6.54 Å². The summed E-state index contributed by atoms with van der Waals surface area (Å²) in [6.45, 7) is 0.388. The summed E-state index contributed by atoms with van der Waals surface area (Å²) < 4.78 is 5.66. The Balaban J connectivity index is 2.26. The number of rotatable bonds is 2. The molecule has 0 unspecified atom stereocenters. The molecule has 0 aliphatic heterocycles. The first-order valence-corrected chi connectivity index (χ1v) is 6.00. The van der Waals surface area contributed by atoms with E-state index in [-0.39, 0.29) is 0 Å². The molecule has 0 bridgehead atoms. The van der Waals surface area contributed by atoms with Crippen molar-refractivity contribution in [2.75, 3.05) is 0 Å². The molecule has 2 aromatic heterocycles. The van der Waals surface area contributed by atoms with Gasteiger partial charge in [-0.25, -0.2) is 0 Å². The van der Waals surface area contributed by atoms with Crippen LogP contribution in [0.1, 0.15) is 5.76 Å². The minimum absolute atomic E-state index is 0.388. The Morgan fingerprint density at radius 2 is 2.06 bits per heavy atom. The monoisotopic (exact) mass is 258 g/mol. The Labute approximate surface area is 109 Å². The van der Waals surface area contributed by atoms with Gasteiger partial charge < -0.3 is 10.2 Å². The van der Waals surface area contributed by atoms with E-state index >= 15 is 0 Å². The Hall–Kier alpha value is -1.84. The molecule has 4 heteroatoms. The van der Waals surface area contributed by atoms with E-state index in [4.69, 9.17) is 21.8 Å². The van der Waals surface area contributed by atoms with Crippen molar-refractivity contribution in [2.24, 2.45) is 5.73 Å². The van der Waals surface area contributed by atoms with Gasteiger partial charge in [-0.15, -0.1) is 0 Å². The third-order valence-electron chi connectivity index (χ3n) is 2.84. The van der Waals surface area contributed by atoms with Gasteiger partial charge in [-0.2, -0.15) is 0 Å². The highest BCUT2D eigenvalue weighted by Gasteiger charge is 2.10. The van der Waals surface area contributed by atoms with Crippen LogP contribution in [0, 0.1) is 0 Å². The Morgan fingerprint density at radius 3 is 2.83 bits per heavy atom. The van der Waals surface area contributed by atoms with Gasteiger partial charge in [0.05, 0.1) is 17.1 Å². The first-order valence-electron chi connectivity index (χ1n) is 5.62. The zero-order valence-electron chi connectivity index (χ0n) is 9.56. The number of nitrogens with zero attached hydrogens (tertiary/aromatic N) is 1. The van der Waals surface area contributed by atoms with E-state index in [1.54, 1.807) is 6.20 Å². The first-order chi connectivity index (χ1) is 8.79. The maximum absolute atomic E-state index is 6.16. The summed E-state index contributed by atoms with van der Waals surface area (Å²) in [5.41, 5.74) is 7.31. The van der Waals surface area contributed by atoms with Crippen LogP contribution in [0.4, 0.5) is 0 Å². The maximum Gasteiger partial charge on any atom is 0.136 e. The Morgan fingerprint density at radius 1 is 1.17 bits per heavy atom. The topological polar surface area (TPSA) is 52.0 Å². The SMILES string of the molecule is NCc1ccc(-c2ccc(Cl)c3cccnc23)o1. The van der Waals surface area contributed by atoms with Gasteiger partial charge in [-0.1, -0.05) is 11.6 Å². The first kappa shape index (κ1) is 11.3. The van der Waals surface area contributed by atoms with Crippen molar-refractivity contribution in [3.63, 3.8) is 0 Å². The highest BCUT2D eigenvalue weighted by Crippen LogP contribution is 2.32. The minimum atomic E-state index is 0.388. The molecule has 0 fully saturated rings. The smallest absolute Gasteiger partial charge is 0.136 e. The van der Waals surface area contributed by atoms with E-state index in [1.165, 1.54) is 0 Å². The molecule has 0 amide bonds. The molecular weight excluding hydrogens is 248 g/mol. The van der Waals surface area contributed by atoms with Gasteiger partial charge in [0.15, 0.2) is 0 Å². The number of nitrogens with two attached hydrogens (primary N) is 1. The van der Waals surface area contributed by atoms with Crippen molar-refractivity contribution in [3.8, 4) is 11.3 Å². The summed E-state index contributed by atoms with van der Waals surface area (Å²) in [6.07, 6.45) is 1.74. The molecule has 0 aliphatic rings. The molecule has 0 aliphatic carbocycles. The van der Waals surface area contributed by atoms with Gasteiger partial charge in [0.25, 0.3) is 0 Å². The normalized spacial score (nSPS) is 11.0. The lowest BCUT2D eigenvalue weighted by molar-refractivity contribution is 0.526. The second-order valence-electron chi connectivity index (χ2n) is 3.96. The number of hydrogen-bond donors (Lipinski definition) is 1. The van der Waals surface area contributed by atoms with E-state index in [9.17, 15) is 0 Å². The molecule has 18 heavy (non-hydrogen) atoms. The van der Waals surface area contributed by atoms with Crippen LogP contribution in [0.15, 0.2) is 47.0 Å². The van der Waals surface area contributed by atoms with Crippen LogP contribution in [0.2, 0.25) is 5.02 Å². The summed E-state index contributed by atoms with van der Waals surface area (Å²) in [7, 11) is 0. The number of benzene rings is 1. The molecule has 2 heterocycles. The molecule has 1 aromatic carbocycles. The van der Waals surface area contributed by atoms with Crippen LogP contribution in [0.3, 0.4) is 0 Å². The van der Waals surface area contributed by atoms with E-state index in [1.807, 2.05) is 36.4 Å². The Kier molecular flexibility index (Phi) is 2.78. The van der Waals surface area contributed by atoms with Gasteiger partial charge in [0, 0.05) is 17.1 Å². The van der Waals surface area contributed by atoms with Gasteiger partial charge >= 0.3 is 0 Å². The number of fused-ring (bicyclic) bond motifs is 1. The van der Waals surface area contributed by atoms with Gasteiger partial charge in [-0.05, 0) is 36.4 Å². The van der Waals surface area contributed by atoms with Crippen molar-refractivity contribution >= 4 is 22.5 Å². The molecule has 0 spiro atoms. The van der Waals surface area contributed by atoms with Crippen LogP contribution < -0.4 is 5.73 Å². The molecule has 3 rings (SSSR count). The third-order valence-corrected chi connectivity index (χ3v) is 3.17. The molecule has 0 saturated carbocycles. The van der Waals surface area contributed by atoms with Crippen LogP contribution in [0.5, 0.6) is 0 Å². The highest BCUT2D eigenvalue weighted by atomic mass is 35.5. The van der Waals surface area contributed by atoms with Gasteiger partial charge in [0.1, 0.15) is 11.5 Å². The van der Waals surface area contributed by atoms with Crippen molar-refractivity contribution in [3.05, 3.63) is 53.4 Å². The van der Waals surface area contributed by atoms with Crippen LogP contribution in [-0.4, -0.2) is 4.98 Å². The lowest BCUT2D eigenvalue weighted by atomic mass is 10.1. The van der Waals surface area contributed by atoms with E-state index in [0.717, 1.165) is 28.0 Å². The standard InChI is InChI=1S/C14H11ClN2O/c15-12-5-4-11(13-6-3-9(8-16)18-13)14-10(12)2-1-7-17-14/h1-7H,8,16H2. The zero-order valence-corrected chi connectivity index (χ0v) is 10.3. The van der Waals surface area contributed by atoms with Gasteiger partial charge in [0.2, 0.25) is 0 Å². The molecule has 3 nitrogen and oxygen atoms in total. The lowest BCUT2D eigenvalue weighted by Crippen LogP contribution is -1.92. The molecule has 90 valence electrons. The summed E-state index contributed by atoms with van der Waals surface area (Å²) in [5.74, 6) is 1.51. The molecular formula is C14H11ClN2O. The largest absolute Gasteiger partial charge is 0.460 e. The highest BCUT2D eigenvalue weighted by molar-refractivity contribution is 6.35. The fraction of sp³-hybridized carbons (Fsp3) is 0.0714. The van der Waals surface area contributed by atoms with Gasteiger partial charge in [-0.3, -0.25) is 4.98 Å². The average molecular weight is 259 g/mol. The predicted molar refractivity (Wildman–Crippen MR) is 72.3 cm³/mol. The minimum Gasteiger partial charge on any atom is -0.460 e. The van der Waals surface area contributed by atoms with Crippen LogP contribution in [0.25, 0.3) is 22.2 Å². The molecule has 0 radical (unpaired) electrons. The zero-order chi connectivity index (χ0) is 12.5. The summed E-state index contributed by atoms with van der Waals surface area (Å²) >= 11 is 6.16. The number of aromatic nitrogens is 1. The van der Waals surface area contributed by atoms with E-state index in [2.05, 4.69) is 4.98 Å². The lowest BCUT2D eigenvalue weighted by Gasteiger charge is -2.04. The van der Waals surface area contributed by atoms with E-state index in [0.29, 0.717) is 11.6 Å². The molecule has 0 saturated heterocycles. The molecule has 3 aromatic rings. The fourth-order valence-corrected chi connectivity index (χ4v) is 2.18. The van der Waals surface area contributed by atoms with Crippen molar-refractivity contribution < 1.29 is 4.42 Å². The second kappa shape index (κ2) is 4.44. The van der Waals surface area contributed by atoms with Crippen LogP contribution >= 0.6 is 11.6 Å². The molecule has 0 atom stereocenters. The summed E-state index contributed by atoms with van der Waals surface area (Å²) in [6, 6.07) is 11.4. The number of halogens is 1. The van der Waals surface area contributed by atoms with Crippen molar-refractivity contribution in [1.29, 1.82) is 0 Å². The quantitative estimate of drug-likeness (QED) is 0.764. The predicted octanol–water partition coefficient (Wildman–Crippen LogP) is 3.61. The number of pyridine rings is 1. The summed E-state index contributed by atoms with van der Waals surface area (Å²) in [4.78, 5) is 4.38.